The van der Waals surface area contributed by atoms with Gasteiger partial charge in [0.2, 0.25) is 0 Å². The summed E-state index contributed by atoms with van der Waals surface area (Å²) in [6, 6.07) is 0. The first kappa shape index (κ1) is 15.2. The standard InChI is InChI=1S/C9H17F2NO.CO2/c1-3-6-4-7(6)8(2,12)9(10,11)5-13;2-1-3/h6-7,13H,3-5,12H2,1-2H3;/t6-,7-,8-;/m1./s1. The van der Waals surface area contributed by atoms with Crippen LogP contribution >= 0.6 is 0 Å². The molecule has 6 heteroatoms. The molecule has 0 aromatic carbocycles. The minimum absolute atomic E-state index is 0.139. The highest BCUT2D eigenvalue weighted by Crippen LogP contribution is 2.51. The molecular weight excluding hydrogens is 220 g/mol. The van der Waals surface area contributed by atoms with E-state index >= 15 is 0 Å². The fourth-order valence-corrected chi connectivity index (χ4v) is 1.87. The van der Waals surface area contributed by atoms with Crippen LogP contribution in [0.3, 0.4) is 0 Å². The SMILES string of the molecule is CC[C@@H]1C[C@H]1[C@@](C)(N)C(F)(F)CO.O=C=O. The Morgan fingerprint density at radius 3 is 2.19 bits per heavy atom. The van der Waals surface area contributed by atoms with Gasteiger partial charge in [-0.2, -0.15) is 9.59 Å². The van der Waals surface area contributed by atoms with E-state index in [0.717, 1.165) is 12.8 Å². The molecule has 1 aliphatic carbocycles. The molecule has 1 rings (SSSR count). The summed E-state index contributed by atoms with van der Waals surface area (Å²) < 4.78 is 26.3. The minimum atomic E-state index is -3.17. The second-order valence-electron chi connectivity index (χ2n) is 4.24. The number of hydrogen-bond donors (Lipinski definition) is 2. The Morgan fingerprint density at radius 1 is 1.50 bits per heavy atom. The molecule has 94 valence electrons. The van der Waals surface area contributed by atoms with Crippen LogP contribution in [0.1, 0.15) is 26.7 Å². The molecule has 0 aromatic heterocycles. The van der Waals surface area contributed by atoms with Gasteiger partial charge < -0.3 is 10.8 Å². The van der Waals surface area contributed by atoms with Gasteiger partial charge in [0.15, 0.2) is 0 Å². The van der Waals surface area contributed by atoms with Gasteiger partial charge in [0.05, 0.1) is 5.54 Å². The van der Waals surface area contributed by atoms with Crippen LogP contribution in [0.4, 0.5) is 8.78 Å². The highest BCUT2D eigenvalue weighted by molar-refractivity contribution is 5.20. The molecule has 0 radical (unpaired) electrons. The maximum atomic E-state index is 13.2. The Labute approximate surface area is 92.8 Å². The van der Waals surface area contributed by atoms with Crippen LogP contribution in [-0.2, 0) is 9.59 Å². The summed E-state index contributed by atoms with van der Waals surface area (Å²) in [7, 11) is 0. The van der Waals surface area contributed by atoms with Crippen LogP contribution in [0, 0.1) is 11.8 Å². The molecule has 1 saturated carbocycles. The third-order valence-corrected chi connectivity index (χ3v) is 3.20. The minimum Gasteiger partial charge on any atom is -0.390 e. The molecule has 0 spiro atoms. The van der Waals surface area contributed by atoms with Crippen molar-refractivity contribution in [2.75, 3.05) is 6.61 Å². The molecule has 0 heterocycles. The maximum Gasteiger partial charge on any atom is 0.373 e. The van der Waals surface area contributed by atoms with Crippen LogP contribution in [0.15, 0.2) is 0 Å². The Balaban J connectivity index is 0.000000673. The topological polar surface area (TPSA) is 80.4 Å². The van der Waals surface area contributed by atoms with E-state index in [9.17, 15) is 8.78 Å². The van der Waals surface area contributed by atoms with Crippen molar-refractivity contribution < 1.29 is 23.5 Å². The second-order valence-corrected chi connectivity index (χ2v) is 4.24. The fraction of sp³-hybridized carbons (Fsp3) is 0.900. The lowest BCUT2D eigenvalue weighted by Gasteiger charge is -2.33. The number of aliphatic hydroxyl groups excluding tert-OH is 1. The van der Waals surface area contributed by atoms with E-state index < -0.39 is 18.1 Å². The Hall–Kier alpha value is -0.840. The van der Waals surface area contributed by atoms with Crippen molar-refractivity contribution >= 4 is 6.15 Å². The summed E-state index contributed by atoms with van der Waals surface area (Å²) in [4.78, 5) is 16.2. The van der Waals surface area contributed by atoms with Gasteiger partial charge in [0, 0.05) is 0 Å². The number of alkyl halides is 2. The van der Waals surface area contributed by atoms with Gasteiger partial charge >= 0.3 is 6.15 Å². The predicted octanol–water partition coefficient (Wildman–Crippen LogP) is 0.794. The summed E-state index contributed by atoms with van der Waals surface area (Å²) in [5, 5.41) is 8.54. The van der Waals surface area contributed by atoms with Crippen molar-refractivity contribution in [2.24, 2.45) is 17.6 Å². The van der Waals surface area contributed by atoms with Crippen molar-refractivity contribution in [2.45, 2.75) is 38.2 Å². The zero-order valence-corrected chi connectivity index (χ0v) is 9.37. The van der Waals surface area contributed by atoms with Crippen molar-refractivity contribution in [3.63, 3.8) is 0 Å². The van der Waals surface area contributed by atoms with Crippen molar-refractivity contribution in [1.29, 1.82) is 0 Å². The zero-order chi connectivity index (χ0) is 13.0. The predicted molar refractivity (Wildman–Crippen MR) is 51.5 cm³/mol. The first-order valence-electron chi connectivity index (χ1n) is 5.05. The number of carbonyl (C=O) groups excluding carboxylic acids is 2. The second kappa shape index (κ2) is 5.48. The lowest BCUT2D eigenvalue weighted by atomic mass is 9.88. The Kier molecular flexibility index (Phi) is 5.19. The van der Waals surface area contributed by atoms with Crippen molar-refractivity contribution in [3.8, 4) is 0 Å². The van der Waals surface area contributed by atoms with Gasteiger partial charge in [-0.1, -0.05) is 13.3 Å². The third-order valence-electron chi connectivity index (χ3n) is 3.20. The molecule has 3 atom stereocenters. The summed E-state index contributed by atoms with van der Waals surface area (Å²) in [6.45, 7) is 2.15. The van der Waals surface area contributed by atoms with Crippen LogP contribution in [0.5, 0.6) is 0 Å². The average Bonchev–Trinajstić information content (AvgIpc) is 2.98. The summed E-state index contributed by atoms with van der Waals surface area (Å²) in [5.74, 6) is -2.99. The molecule has 3 N–H and O–H groups in total. The van der Waals surface area contributed by atoms with E-state index in [1.54, 1.807) is 0 Å². The smallest absolute Gasteiger partial charge is 0.373 e. The maximum absolute atomic E-state index is 13.2. The van der Waals surface area contributed by atoms with Crippen LogP contribution in [0.25, 0.3) is 0 Å². The van der Waals surface area contributed by atoms with Gasteiger partial charge in [0.1, 0.15) is 6.61 Å². The third kappa shape index (κ3) is 3.07. The summed E-state index contributed by atoms with van der Waals surface area (Å²) in [5.41, 5.74) is 4.01. The van der Waals surface area contributed by atoms with Crippen LogP contribution in [-0.4, -0.2) is 29.3 Å². The Morgan fingerprint density at radius 2 is 1.94 bits per heavy atom. The Bertz CT molecular complexity index is 263. The van der Waals surface area contributed by atoms with E-state index in [4.69, 9.17) is 20.4 Å². The largest absolute Gasteiger partial charge is 0.390 e. The van der Waals surface area contributed by atoms with Crippen LogP contribution < -0.4 is 5.73 Å². The monoisotopic (exact) mass is 237 g/mol. The highest BCUT2D eigenvalue weighted by Gasteiger charge is 2.59. The molecule has 0 aromatic rings. The molecule has 4 nitrogen and oxygen atoms in total. The van der Waals surface area contributed by atoms with Crippen molar-refractivity contribution in [1.82, 2.24) is 0 Å². The number of halogens is 2. The molecule has 0 aliphatic heterocycles. The van der Waals surface area contributed by atoms with E-state index in [0.29, 0.717) is 5.92 Å². The highest BCUT2D eigenvalue weighted by atomic mass is 19.3. The normalized spacial score (nSPS) is 27.1. The quantitative estimate of drug-likeness (QED) is 0.757. The molecule has 0 bridgehead atoms. The van der Waals surface area contributed by atoms with Gasteiger partial charge in [0.25, 0.3) is 5.92 Å². The molecule has 16 heavy (non-hydrogen) atoms. The number of hydrogen-bond acceptors (Lipinski definition) is 4. The lowest BCUT2D eigenvalue weighted by Crippen LogP contribution is -2.57. The van der Waals surface area contributed by atoms with Gasteiger partial charge in [-0.25, -0.2) is 8.78 Å². The van der Waals surface area contributed by atoms with E-state index in [-0.39, 0.29) is 12.1 Å². The van der Waals surface area contributed by atoms with Crippen molar-refractivity contribution in [3.05, 3.63) is 0 Å². The van der Waals surface area contributed by atoms with Gasteiger partial charge in [-0.05, 0) is 25.2 Å². The molecule has 0 saturated heterocycles. The zero-order valence-electron chi connectivity index (χ0n) is 9.37. The summed E-state index contributed by atoms with van der Waals surface area (Å²) in [6.07, 6.45) is 1.90. The van der Waals surface area contributed by atoms with E-state index in [2.05, 4.69) is 0 Å². The van der Waals surface area contributed by atoms with E-state index in [1.807, 2.05) is 6.92 Å². The molecule has 1 fully saturated rings. The molecular formula is C10H17F2NO3. The first-order chi connectivity index (χ1) is 7.28. The molecule has 1 aliphatic rings. The number of aliphatic hydroxyl groups is 1. The van der Waals surface area contributed by atoms with Gasteiger partial charge in [-0.15, -0.1) is 0 Å². The average molecular weight is 237 g/mol. The molecule has 0 unspecified atom stereocenters. The fourth-order valence-electron chi connectivity index (χ4n) is 1.87. The lowest BCUT2D eigenvalue weighted by molar-refractivity contribution is -0.191. The van der Waals surface area contributed by atoms with Gasteiger partial charge in [-0.3, -0.25) is 0 Å². The number of rotatable bonds is 4. The van der Waals surface area contributed by atoms with E-state index in [1.165, 1.54) is 6.92 Å². The first-order valence-corrected chi connectivity index (χ1v) is 5.05. The number of nitrogens with two attached hydrogens (primary N) is 1. The summed E-state index contributed by atoms with van der Waals surface area (Å²) >= 11 is 0. The molecule has 0 amide bonds. The van der Waals surface area contributed by atoms with Crippen LogP contribution in [0.2, 0.25) is 0 Å².